The minimum atomic E-state index is -0.118. The number of rotatable bonds is 5. The van der Waals surface area contributed by atoms with Crippen LogP contribution in [0, 0.1) is 0 Å². The maximum absolute atomic E-state index is 13.4. The van der Waals surface area contributed by atoms with Crippen molar-refractivity contribution < 1.29 is 4.74 Å². The van der Waals surface area contributed by atoms with Crippen LogP contribution in [0.1, 0.15) is 0 Å². The Morgan fingerprint density at radius 3 is 2.42 bits per heavy atom. The second-order valence-electron chi connectivity index (χ2n) is 8.14. The lowest BCUT2D eigenvalue weighted by Gasteiger charge is -2.10. The number of halogens is 1. The zero-order chi connectivity index (χ0) is 24.8. The number of anilines is 1. The Morgan fingerprint density at radius 2 is 1.69 bits per heavy atom. The molecule has 6 aromatic rings. The van der Waals surface area contributed by atoms with Gasteiger partial charge in [-0.15, -0.1) is 11.3 Å². The lowest BCUT2D eigenvalue weighted by atomic mass is 10.2. The SMILES string of the molecule is CNc1nc2cc(-n3cnc4cc(-c5ccc(Cl)cc5)sc4c3=O)ccc2n1-c1ccc(OC)cc1. The topological polar surface area (TPSA) is 74.0 Å². The summed E-state index contributed by atoms with van der Waals surface area (Å²) >= 11 is 7.45. The number of imidazole rings is 1. The molecule has 0 unspecified atom stereocenters. The van der Waals surface area contributed by atoms with Gasteiger partial charge in [-0.05, 0) is 66.2 Å². The summed E-state index contributed by atoms with van der Waals surface area (Å²) in [5, 5.41) is 3.83. The van der Waals surface area contributed by atoms with Crippen molar-refractivity contribution in [2.45, 2.75) is 0 Å². The molecule has 0 saturated heterocycles. The molecule has 0 saturated carbocycles. The summed E-state index contributed by atoms with van der Waals surface area (Å²) in [6, 6.07) is 23.1. The van der Waals surface area contributed by atoms with Gasteiger partial charge in [0.05, 0.1) is 29.3 Å². The first-order valence-corrected chi connectivity index (χ1v) is 12.4. The van der Waals surface area contributed by atoms with Gasteiger partial charge in [0.1, 0.15) is 16.8 Å². The Bertz CT molecular complexity index is 1790. The van der Waals surface area contributed by atoms with E-state index in [4.69, 9.17) is 21.3 Å². The molecule has 0 spiro atoms. The van der Waals surface area contributed by atoms with Crippen LogP contribution in [0.2, 0.25) is 5.02 Å². The van der Waals surface area contributed by atoms with Crippen LogP contribution < -0.4 is 15.6 Å². The summed E-state index contributed by atoms with van der Waals surface area (Å²) in [6.07, 6.45) is 1.57. The van der Waals surface area contributed by atoms with E-state index in [1.165, 1.54) is 11.3 Å². The second kappa shape index (κ2) is 8.82. The van der Waals surface area contributed by atoms with Crippen molar-refractivity contribution in [3.63, 3.8) is 0 Å². The summed E-state index contributed by atoms with van der Waals surface area (Å²) in [5.41, 5.74) is 4.87. The fraction of sp³-hybridized carbons (Fsp3) is 0.0741. The van der Waals surface area contributed by atoms with Crippen molar-refractivity contribution in [3.05, 3.63) is 94.5 Å². The molecule has 3 aromatic carbocycles. The number of hydrogen-bond acceptors (Lipinski definition) is 6. The highest BCUT2D eigenvalue weighted by molar-refractivity contribution is 7.22. The molecule has 0 radical (unpaired) electrons. The van der Waals surface area contributed by atoms with E-state index in [0.717, 1.165) is 32.9 Å². The molecule has 3 heterocycles. The van der Waals surface area contributed by atoms with Crippen molar-refractivity contribution in [2.24, 2.45) is 0 Å². The average molecular weight is 514 g/mol. The number of benzene rings is 3. The third-order valence-corrected chi connectivity index (χ3v) is 7.45. The zero-order valence-corrected chi connectivity index (χ0v) is 21.0. The van der Waals surface area contributed by atoms with Crippen molar-refractivity contribution >= 4 is 50.1 Å². The number of thiophene rings is 1. The summed E-state index contributed by atoms with van der Waals surface area (Å²) in [6.45, 7) is 0. The molecule has 7 nitrogen and oxygen atoms in total. The minimum absolute atomic E-state index is 0.118. The van der Waals surface area contributed by atoms with E-state index in [2.05, 4.69) is 10.3 Å². The Balaban J connectivity index is 1.44. The molecule has 6 rings (SSSR count). The number of fused-ring (bicyclic) bond motifs is 2. The molecule has 0 amide bonds. The van der Waals surface area contributed by atoms with Gasteiger partial charge in [-0.2, -0.15) is 0 Å². The van der Waals surface area contributed by atoms with Gasteiger partial charge in [0.2, 0.25) is 5.95 Å². The Morgan fingerprint density at radius 1 is 0.944 bits per heavy atom. The molecule has 0 aliphatic heterocycles. The third-order valence-electron chi connectivity index (χ3n) is 6.04. The smallest absolute Gasteiger partial charge is 0.275 e. The van der Waals surface area contributed by atoms with E-state index in [0.29, 0.717) is 26.9 Å². The molecular weight excluding hydrogens is 494 g/mol. The molecule has 178 valence electrons. The number of ether oxygens (including phenoxy) is 1. The minimum Gasteiger partial charge on any atom is -0.497 e. The fourth-order valence-corrected chi connectivity index (χ4v) is 5.40. The standard InChI is InChI=1S/C27H20ClN5O2S/c1-29-27-31-21-13-19(9-12-23(21)33(27)18-7-10-20(35-2)11-8-18)32-15-30-22-14-24(36-25(22)26(32)34)16-3-5-17(28)6-4-16/h3-15H,1-2H3,(H,29,31). The highest BCUT2D eigenvalue weighted by Crippen LogP contribution is 2.32. The molecule has 0 aliphatic carbocycles. The number of aromatic nitrogens is 4. The summed E-state index contributed by atoms with van der Waals surface area (Å²) in [4.78, 5) is 23.7. The Kier molecular flexibility index (Phi) is 5.47. The number of methoxy groups -OCH3 is 1. The molecule has 3 aromatic heterocycles. The predicted octanol–water partition coefficient (Wildman–Crippen LogP) is 6.16. The van der Waals surface area contributed by atoms with Gasteiger partial charge in [0, 0.05) is 22.6 Å². The Hall–Kier alpha value is -4.14. The quantitative estimate of drug-likeness (QED) is 0.299. The van der Waals surface area contributed by atoms with E-state index < -0.39 is 0 Å². The normalized spacial score (nSPS) is 11.3. The summed E-state index contributed by atoms with van der Waals surface area (Å²) in [7, 11) is 3.48. The summed E-state index contributed by atoms with van der Waals surface area (Å²) < 4.78 is 9.48. The van der Waals surface area contributed by atoms with Gasteiger partial charge >= 0.3 is 0 Å². The molecule has 0 aliphatic rings. The predicted molar refractivity (Wildman–Crippen MR) is 146 cm³/mol. The van der Waals surface area contributed by atoms with E-state index in [-0.39, 0.29) is 5.56 Å². The summed E-state index contributed by atoms with van der Waals surface area (Å²) in [5.74, 6) is 1.48. The molecule has 0 atom stereocenters. The van der Waals surface area contributed by atoms with Crippen LogP contribution in [-0.4, -0.2) is 33.3 Å². The van der Waals surface area contributed by atoms with Crippen LogP contribution in [0.5, 0.6) is 5.75 Å². The molecule has 0 fully saturated rings. The molecule has 1 N–H and O–H groups in total. The molecule has 9 heteroatoms. The Labute approximate surface area is 215 Å². The van der Waals surface area contributed by atoms with Gasteiger partial charge in [0.15, 0.2) is 0 Å². The maximum atomic E-state index is 13.4. The van der Waals surface area contributed by atoms with Crippen molar-refractivity contribution in [1.29, 1.82) is 0 Å². The lowest BCUT2D eigenvalue weighted by molar-refractivity contribution is 0.415. The zero-order valence-electron chi connectivity index (χ0n) is 19.4. The van der Waals surface area contributed by atoms with Gasteiger partial charge < -0.3 is 10.1 Å². The third kappa shape index (κ3) is 3.71. The lowest BCUT2D eigenvalue weighted by Crippen LogP contribution is -2.17. The van der Waals surface area contributed by atoms with Crippen LogP contribution in [0.3, 0.4) is 0 Å². The van der Waals surface area contributed by atoms with E-state index in [1.54, 1.807) is 18.0 Å². The van der Waals surface area contributed by atoms with E-state index >= 15 is 0 Å². The first kappa shape index (κ1) is 22.3. The van der Waals surface area contributed by atoms with E-state index in [9.17, 15) is 4.79 Å². The van der Waals surface area contributed by atoms with Crippen LogP contribution in [-0.2, 0) is 0 Å². The highest BCUT2D eigenvalue weighted by atomic mass is 35.5. The fourth-order valence-electron chi connectivity index (χ4n) is 4.23. The highest BCUT2D eigenvalue weighted by Gasteiger charge is 2.15. The second-order valence-corrected chi connectivity index (χ2v) is 9.63. The van der Waals surface area contributed by atoms with E-state index in [1.807, 2.05) is 84.4 Å². The van der Waals surface area contributed by atoms with Gasteiger partial charge in [-0.25, -0.2) is 9.97 Å². The van der Waals surface area contributed by atoms with Crippen LogP contribution in [0.4, 0.5) is 5.95 Å². The van der Waals surface area contributed by atoms with Gasteiger partial charge in [-0.1, -0.05) is 23.7 Å². The monoisotopic (exact) mass is 513 g/mol. The molecule has 0 bridgehead atoms. The number of hydrogen-bond donors (Lipinski definition) is 1. The van der Waals surface area contributed by atoms with Gasteiger partial charge in [0.25, 0.3) is 5.56 Å². The van der Waals surface area contributed by atoms with Crippen LogP contribution in [0.25, 0.3) is 43.1 Å². The number of nitrogens with one attached hydrogen (secondary N) is 1. The number of nitrogens with zero attached hydrogens (tertiary/aromatic N) is 4. The van der Waals surface area contributed by atoms with Crippen molar-refractivity contribution in [1.82, 2.24) is 19.1 Å². The first-order valence-electron chi connectivity index (χ1n) is 11.2. The van der Waals surface area contributed by atoms with Gasteiger partial charge in [-0.3, -0.25) is 13.9 Å². The maximum Gasteiger partial charge on any atom is 0.275 e. The largest absolute Gasteiger partial charge is 0.497 e. The van der Waals surface area contributed by atoms with Crippen molar-refractivity contribution in [3.8, 4) is 27.6 Å². The van der Waals surface area contributed by atoms with Crippen LogP contribution >= 0.6 is 22.9 Å². The molecular formula is C27H20ClN5O2S. The van der Waals surface area contributed by atoms with Crippen LogP contribution in [0.15, 0.2) is 83.9 Å². The van der Waals surface area contributed by atoms with Crippen molar-refractivity contribution in [2.75, 3.05) is 19.5 Å². The molecule has 36 heavy (non-hydrogen) atoms. The first-order chi connectivity index (χ1) is 17.6. The average Bonchev–Trinajstić information content (AvgIpc) is 3.51.